The summed E-state index contributed by atoms with van der Waals surface area (Å²) in [7, 11) is 0. The number of pyridine rings is 1. The number of amides is 1. The number of aliphatic hydroxyl groups excluding tert-OH is 1. The molecular formula is C24H22FN3O3. The molecule has 2 N–H and O–H groups in total. The zero-order valence-corrected chi connectivity index (χ0v) is 17.0. The van der Waals surface area contributed by atoms with Gasteiger partial charge in [0.15, 0.2) is 11.4 Å². The zero-order chi connectivity index (χ0) is 21.8. The third-order valence-electron chi connectivity index (χ3n) is 4.98. The molecule has 0 radical (unpaired) electrons. The number of halogens is 1. The summed E-state index contributed by atoms with van der Waals surface area (Å²) in [5.74, 6) is -0.197. The van der Waals surface area contributed by atoms with Crippen LogP contribution in [-0.2, 0) is 6.61 Å². The normalized spacial score (nSPS) is 12.0. The van der Waals surface area contributed by atoms with Gasteiger partial charge in [0, 0.05) is 6.20 Å². The molecule has 2 aromatic heterocycles. The Hall–Kier alpha value is -3.71. The van der Waals surface area contributed by atoms with E-state index in [4.69, 9.17) is 4.74 Å². The number of imidazole rings is 1. The molecule has 2 heterocycles. The van der Waals surface area contributed by atoms with Crippen molar-refractivity contribution in [3.05, 3.63) is 101 Å². The van der Waals surface area contributed by atoms with Gasteiger partial charge in [0.2, 0.25) is 0 Å². The third-order valence-corrected chi connectivity index (χ3v) is 4.98. The van der Waals surface area contributed by atoms with E-state index in [2.05, 4.69) is 10.3 Å². The first kappa shape index (κ1) is 20.6. The lowest BCUT2D eigenvalue weighted by Gasteiger charge is -2.17. The fraction of sp³-hybridized carbons (Fsp3) is 0.167. The maximum atomic E-state index is 13.4. The van der Waals surface area contributed by atoms with Crippen LogP contribution in [0.3, 0.4) is 0 Å². The highest BCUT2D eigenvalue weighted by Gasteiger charge is 2.22. The summed E-state index contributed by atoms with van der Waals surface area (Å²) in [6, 6.07) is 18.4. The minimum Gasteiger partial charge on any atom is -0.485 e. The number of nitrogens with zero attached hydrogens (tertiary/aromatic N) is 2. The fourth-order valence-corrected chi connectivity index (χ4v) is 3.48. The topological polar surface area (TPSA) is 75.9 Å². The molecule has 7 heteroatoms. The Bertz CT molecular complexity index is 1210. The molecule has 1 amide bonds. The van der Waals surface area contributed by atoms with E-state index in [9.17, 15) is 14.3 Å². The van der Waals surface area contributed by atoms with Crippen molar-refractivity contribution in [1.82, 2.24) is 14.7 Å². The number of hydrogen-bond acceptors (Lipinski definition) is 4. The van der Waals surface area contributed by atoms with Crippen LogP contribution < -0.4 is 10.1 Å². The number of aryl methyl sites for hydroxylation is 1. The number of hydrogen-bond donors (Lipinski definition) is 2. The Balaban J connectivity index is 1.59. The molecule has 2 aromatic carbocycles. The van der Waals surface area contributed by atoms with Gasteiger partial charge in [0.25, 0.3) is 5.91 Å². The molecular weight excluding hydrogens is 397 g/mol. The quantitative estimate of drug-likeness (QED) is 0.478. The number of carbonyl (C=O) groups excluding carboxylic acids is 1. The van der Waals surface area contributed by atoms with Crippen molar-refractivity contribution in [2.45, 2.75) is 19.6 Å². The first-order valence-corrected chi connectivity index (χ1v) is 9.88. The van der Waals surface area contributed by atoms with E-state index in [0.717, 1.165) is 5.56 Å². The van der Waals surface area contributed by atoms with Gasteiger partial charge in [0.1, 0.15) is 18.1 Å². The maximum absolute atomic E-state index is 13.4. The Labute approximate surface area is 178 Å². The summed E-state index contributed by atoms with van der Waals surface area (Å²) in [6.45, 7) is 1.69. The highest BCUT2D eigenvalue weighted by molar-refractivity contribution is 5.95. The van der Waals surface area contributed by atoms with Crippen LogP contribution in [0.4, 0.5) is 4.39 Å². The number of rotatable bonds is 7. The Morgan fingerprint density at radius 1 is 1.16 bits per heavy atom. The molecule has 0 spiro atoms. The first-order chi connectivity index (χ1) is 15.1. The van der Waals surface area contributed by atoms with Gasteiger partial charge in [-0.25, -0.2) is 9.37 Å². The SMILES string of the molecule is Cc1nc2c(OCc3cccc(F)c3)cccn2c1C(=O)N[C@@H](CO)c1ccccc1. The van der Waals surface area contributed by atoms with E-state index < -0.39 is 6.04 Å². The van der Waals surface area contributed by atoms with Crippen LogP contribution >= 0.6 is 0 Å². The number of nitrogens with one attached hydrogen (secondary N) is 1. The van der Waals surface area contributed by atoms with Crippen LogP contribution in [0.5, 0.6) is 5.75 Å². The molecule has 1 atom stereocenters. The standard InChI is InChI=1S/C24H22FN3O3/c1-16-22(24(30)27-20(14-29)18-8-3-2-4-9-18)28-12-6-11-21(23(28)26-16)31-15-17-7-5-10-19(25)13-17/h2-13,20,29H,14-15H2,1H3,(H,27,30)/t20-/m0/s1. The van der Waals surface area contributed by atoms with E-state index in [1.807, 2.05) is 30.3 Å². The van der Waals surface area contributed by atoms with Crippen molar-refractivity contribution in [2.75, 3.05) is 6.61 Å². The molecule has 4 aromatic rings. The lowest BCUT2D eigenvalue weighted by Crippen LogP contribution is -2.32. The van der Waals surface area contributed by atoms with Crippen LogP contribution in [0, 0.1) is 12.7 Å². The van der Waals surface area contributed by atoms with Crippen molar-refractivity contribution in [3.63, 3.8) is 0 Å². The van der Waals surface area contributed by atoms with Crippen LogP contribution in [0.25, 0.3) is 5.65 Å². The molecule has 6 nitrogen and oxygen atoms in total. The number of benzene rings is 2. The van der Waals surface area contributed by atoms with E-state index in [0.29, 0.717) is 28.3 Å². The summed E-state index contributed by atoms with van der Waals surface area (Å²) in [6.07, 6.45) is 1.73. The van der Waals surface area contributed by atoms with Crippen LogP contribution in [0.15, 0.2) is 72.9 Å². The minimum absolute atomic E-state index is 0.172. The molecule has 0 bridgehead atoms. The number of fused-ring (bicyclic) bond motifs is 1. The largest absolute Gasteiger partial charge is 0.485 e. The maximum Gasteiger partial charge on any atom is 0.270 e. The minimum atomic E-state index is -0.536. The monoisotopic (exact) mass is 419 g/mol. The highest BCUT2D eigenvalue weighted by Crippen LogP contribution is 2.24. The molecule has 0 aliphatic rings. The van der Waals surface area contributed by atoms with Crippen molar-refractivity contribution >= 4 is 11.6 Å². The van der Waals surface area contributed by atoms with Gasteiger partial charge in [-0.1, -0.05) is 42.5 Å². The molecule has 0 aliphatic heterocycles. The molecule has 0 saturated heterocycles. The van der Waals surface area contributed by atoms with E-state index >= 15 is 0 Å². The summed E-state index contributed by atoms with van der Waals surface area (Å²) in [4.78, 5) is 17.6. The molecule has 0 unspecified atom stereocenters. The highest BCUT2D eigenvalue weighted by atomic mass is 19.1. The lowest BCUT2D eigenvalue weighted by molar-refractivity contribution is 0.0909. The smallest absolute Gasteiger partial charge is 0.270 e. The summed E-state index contributed by atoms with van der Waals surface area (Å²) in [5.41, 5.74) is 2.88. The van der Waals surface area contributed by atoms with Crippen molar-refractivity contribution in [1.29, 1.82) is 0 Å². The van der Waals surface area contributed by atoms with Gasteiger partial charge in [-0.2, -0.15) is 0 Å². The average molecular weight is 419 g/mol. The van der Waals surface area contributed by atoms with Gasteiger partial charge in [0.05, 0.1) is 18.3 Å². The first-order valence-electron chi connectivity index (χ1n) is 9.88. The van der Waals surface area contributed by atoms with Crippen molar-refractivity contribution in [2.24, 2.45) is 0 Å². The molecule has 4 rings (SSSR count). The van der Waals surface area contributed by atoms with Crippen molar-refractivity contribution < 1.29 is 19.0 Å². The zero-order valence-electron chi connectivity index (χ0n) is 17.0. The van der Waals surface area contributed by atoms with Crippen LogP contribution in [0.1, 0.15) is 33.4 Å². The number of aromatic nitrogens is 2. The van der Waals surface area contributed by atoms with Crippen molar-refractivity contribution in [3.8, 4) is 5.75 Å². The lowest BCUT2D eigenvalue weighted by atomic mass is 10.1. The molecule has 0 fully saturated rings. The summed E-state index contributed by atoms with van der Waals surface area (Å²) < 4.78 is 20.9. The third kappa shape index (κ3) is 4.41. The molecule has 0 aliphatic carbocycles. The number of aliphatic hydroxyl groups is 1. The van der Waals surface area contributed by atoms with Gasteiger partial charge in [-0.05, 0) is 42.3 Å². The molecule has 158 valence electrons. The second-order valence-electron chi connectivity index (χ2n) is 7.15. The second-order valence-corrected chi connectivity index (χ2v) is 7.15. The van der Waals surface area contributed by atoms with E-state index in [-0.39, 0.29) is 24.9 Å². The predicted molar refractivity (Wildman–Crippen MR) is 114 cm³/mol. The Morgan fingerprint density at radius 3 is 2.71 bits per heavy atom. The molecule has 0 saturated carbocycles. The number of carbonyl (C=O) groups is 1. The van der Waals surface area contributed by atoms with Gasteiger partial charge < -0.3 is 15.2 Å². The predicted octanol–water partition coefficient (Wildman–Crippen LogP) is 3.82. The average Bonchev–Trinajstić information content (AvgIpc) is 3.13. The van der Waals surface area contributed by atoms with E-state index in [1.54, 1.807) is 41.8 Å². The Kier molecular flexibility index (Phi) is 5.95. The second kappa shape index (κ2) is 8.97. The van der Waals surface area contributed by atoms with E-state index in [1.165, 1.54) is 12.1 Å². The fourth-order valence-electron chi connectivity index (χ4n) is 3.48. The summed E-state index contributed by atoms with van der Waals surface area (Å²) >= 11 is 0. The van der Waals surface area contributed by atoms with Gasteiger partial charge in [-0.15, -0.1) is 0 Å². The summed E-state index contributed by atoms with van der Waals surface area (Å²) in [5, 5.41) is 12.6. The van der Waals surface area contributed by atoms with Gasteiger partial charge >= 0.3 is 0 Å². The van der Waals surface area contributed by atoms with Gasteiger partial charge in [-0.3, -0.25) is 9.20 Å². The molecule has 31 heavy (non-hydrogen) atoms. The van der Waals surface area contributed by atoms with Crippen LogP contribution in [-0.4, -0.2) is 27.0 Å². The van der Waals surface area contributed by atoms with Crippen LogP contribution in [0.2, 0.25) is 0 Å². The number of ether oxygens (including phenoxy) is 1. The Morgan fingerprint density at radius 2 is 1.97 bits per heavy atom.